The van der Waals surface area contributed by atoms with E-state index >= 15 is 0 Å². The maximum Gasteiger partial charge on any atom is 0.289 e. The number of carbonyl (C=O) groups is 1. The number of likely N-dealkylation sites (N-methyl/N-ethyl adjacent to an activating group) is 1. The van der Waals surface area contributed by atoms with Gasteiger partial charge in [0.25, 0.3) is 16.1 Å². The third-order valence-corrected chi connectivity index (χ3v) is 7.67. The smallest absolute Gasteiger partial charge is 0.289 e. The topological polar surface area (TPSA) is 86.5 Å². The molecule has 0 unspecified atom stereocenters. The van der Waals surface area contributed by atoms with Gasteiger partial charge in [-0.15, -0.1) is 0 Å². The molecule has 2 aliphatic rings. The Morgan fingerprint density at radius 2 is 1.52 bits per heavy atom. The molecule has 2 aromatic rings. The molecule has 31 heavy (non-hydrogen) atoms. The largest absolute Gasteiger partial charge is 0.486 e. The van der Waals surface area contributed by atoms with Crippen LogP contribution in [0.2, 0.25) is 0 Å². The van der Waals surface area contributed by atoms with E-state index < -0.39 is 10.2 Å². The van der Waals surface area contributed by atoms with Crippen molar-refractivity contribution in [1.29, 1.82) is 0 Å². The number of amides is 1. The maximum atomic E-state index is 12.9. The Morgan fingerprint density at radius 1 is 0.903 bits per heavy atom. The van der Waals surface area contributed by atoms with Crippen molar-refractivity contribution in [3.63, 3.8) is 0 Å². The Morgan fingerprint density at radius 3 is 2.16 bits per heavy atom. The van der Waals surface area contributed by atoms with E-state index in [0.717, 1.165) is 18.8 Å². The summed E-state index contributed by atoms with van der Waals surface area (Å²) in [6.07, 6.45) is 0. The molecule has 0 spiro atoms. The SMILES string of the molecule is CN1CCN(S(=O)(=O)N2CCN(C(=O)c3ccc(COc4ccccc4)o3)CC2)CC1. The highest BCUT2D eigenvalue weighted by Gasteiger charge is 2.35. The van der Waals surface area contributed by atoms with Crippen molar-refractivity contribution in [3.05, 3.63) is 54.0 Å². The molecule has 0 radical (unpaired) electrons. The number of furan rings is 1. The third-order valence-electron chi connectivity index (χ3n) is 5.64. The Bertz CT molecular complexity index is 978. The van der Waals surface area contributed by atoms with Crippen molar-refractivity contribution in [2.75, 3.05) is 59.4 Å². The van der Waals surface area contributed by atoms with E-state index in [9.17, 15) is 13.2 Å². The number of piperazine rings is 2. The average molecular weight is 449 g/mol. The summed E-state index contributed by atoms with van der Waals surface area (Å²) in [5.74, 6) is 1.29. The second-order valence-corrected chi connectivity index (χ2v) is 9.70. The predicted molar refractivity (Wildman–Crippen MR) is 115 cm³/mol. The molecule has 2 fully saturated rings. The molecule has 168 valence electrons. The van der Waals surface area contributed by atoms with Crippen LogP contribution in [0.15, 0.2) is 46.9 Å². The van der Waals surface area contributed by atoms with E-state index in [1.165, 1.54) is 8.61 Å². The first kappa shape index (κ1) is 21.8. The second kappa shape index (κ2) is 9.39. The van der Waals surface area contributed by atoms with Gasteiger partial charge >= 0.3 is 0 Å². The zero-order valence-electron chi connectivity index (χ0n) is 17.6. The van der Waals surface area contributed by atoms with Crippen molar-refractivity contribution in [3.8, 4) is 5.75 Å². The van der Waals surface area contributed by atoms with E-state index in [1.807, 2.05) is 37.4 Å². The molecule has 0 atom stereocenters. The van der Waals surface area contributed by atoms with Gasteiger partial charge < -0.3 is 19.0 Å². The molecule has 0 bridgehead atoms. The molecular weight excluding hydrogens is 420 g/mol. The minimum atomic E-state index is -3.49. The fourth-order valence-electron chi connectivity index (χ4n) is 3.70. The number of hydrogen-bond donors (Lipinski definition) is 0. The van der Waals surface area contributed by atoms with Crippen LogP contribution in [0.25, 0.3) is 0 Å². The molecule has 1 aromatic heterocycles. The summed E-state index contributed by atoms with van der Waals surface area (Å²) in [5.41, 5.74) is 0. The zero-order chi connectivity index (χ0) is 21.8. The lowest BCUT2D eigenvalue weighted by Crippen LogP contribution is -2.57. The lowest BCUT2D eigenvalue weighted by molar-refractivity contribution is 0.0656. The van der Waals surface area contributed by atoms with Crippen molar-refractivity contribution >= 4 is 16.1 Å². The van der Waals surface area contributed by atoms with Gasteiger partial charge in [0.05, 0.1) is 0 Å². The normalized spacial score (nSPS) is 19.5. The van der Waals surface area contributed by atoms with Crippen LogP contribution in [0, 0.1) is 0 Å². The van der Waals surface area contributed by atoms with Gasteiger partial charge in [0.1, 0.15) is 18.1 Å². The van der Waals surface area contributed by atoms with E-state index in [1.54, 1.807) is 17.0 Å². The van der Waals surface area contributed by atoms with Crippen LogP contribution in [0.5, 0.6) is 5.75 Å². The van der Waals surface area contributed by atoms with Crippen LogP contribution >= 0.6 is 0 Å². The monoisotopic (exact) mass is 448 g/mol. The summed E-state index contributed by atoms with van der Waals surface area (Å²) in [7, 11) is -1.50. The fourth-order valence-corrected chi connectivity index (χ4v) is 5.28. The molecule has 1 amide bonds. The Labute approximate surface area is 182 Å². The highest BCUT2D eigenvalue weighted by Crippen LogP contribution is 2.18. The lowest BCUT2D eigenvalue weighted by Gasteiger charge is -2.38. The molecule has 1 aromatic carbocycles. The highest BCUT2D eigenvalue weighted by molar-refractivity contribution is 7.86. The van der Waals surface area contributed by atoms with Crippen molar-refractivity contribution in [2.24, 2.45) is 0 Å². The van der Waals surface area contributed by atoms with Gasteiger partial charge in [-0.2, -0.15) is 17.0 Å². The summed E-state index contributed by atoms with van der Waals surface area (Å²) < 4.78 is 40.1. The standard InChI is InChI=1S/C21H28N4O5S/c1-22-9-13-24(14-10-22)31(27,28)25-15-11-23(12-16-25)21(26)20-8-7-19(30-20)17-29-18-5-3-2-4-6-18/h2-8H,9-17H2,1H3. The van der Waals surface area contributed by atoms with Crippen molar-refractivity contribution < 1.29 is 22.4 Å². The van der Waals surface area contributed by atoms with E-state index in [4.69, 9.17) is 9.15 Å². The summed E-state index contributed by atoms with van der Waals surface area (Å²) in [5, 5.41) is 0. The first-order valence-electron chi connectivity index (χ1n) is 10.4. The van der Waals surface area contributed by atoms with Gasteiger partial charge in [0.15, 0.2) is 5.76 Å². The highest BCUT2D eigenvalue weighted by atomic mass is 32.2. The molecule has 0 N–H and O–H groups in total. The molecule has 0 aliphatic carbocycles. The van der Waals surface area contributed by atoms with Gasteiger partial charge in [0, 0.05) is 52.4 Å². The third kappa shape index (κ3) is 5.09. The van der Waals surface area contributed by atoms with Gasteiger partial charge in [-0.1, -0.05) is 18.2 Å². The molecule has 3 heterocycles. The van der Waals surface area contributed by atoms with Crippen molar-refractivity contribution in [1.82, 2.24) is 18.4 Å². The number of rotatable bonds is 6. The Balaban J connectivity index is 1.30. The lowest BCUT2D eigenvalue weighted by atomic mass is 10.3. The van der Waals surface area contributed by atoms with Crippen LogP contribution in [-0.4, -0.2) is 92.1 Å². The number of carbonyl (C=O) groups excluding carboxylic acids is 1. The number of benzene rings is 1. The quantitative estimate of drug-likeness (QED) is 0.658. The van der Waals surface area contributed by atoms with Gasteiger partial charge in [0.2, 0.25) is 0 Å². The number of nitrogens with zero attached hydrogens (tertiary/aromatic N) is 4. The Kier molecular flexibility index (Phi) is 6.61. The first-order valence-corrected chi connectivity index (χ1v) is 11.8. The summed E-state index contributed by atoms with van der Waals surface area (Å²) in [4.78, 5) is 16.5. The zero-order valence-corrected chi connectivity index (χ0v) is 18.5. The first-order chi connectivity index (χ1) is 14.9. The average Bonchev–Trinajstić information content (AvgIpc) is 3.27. The van der Waals surface area contributed by atoms with Crippen LogP contribution < -0.4 is 4.74 Å². The molecule has 2 saturated heterocycles. The van der Waals surface area contributed by atoms with E-state index in [-0.39, 0.29) is 31.4 Å². The van der Waals surface area contributed by atoms with Crippen LogP contribution in [0.1, 0.15) is 16.3 Å². The maximum absolute atomic E-state index is 12.9. The number of para-hydroxylation sites is 1. The molecule has 9 nitrogen and oxygen atoms in total. The fraction of sp³-hybridized carbons (Fsp3) is 0.476. The number of ether oxygens (including phenoxy) is 1. The predicted octanol–water partition coefficient (Wildman–Crippen LogP) is 1.11. The number of hydrogen-bond acceptors (Lipinski definition) is 6. The molecule has 0 saturated carbocycles. The van der Waals surface area contributed by atoms with Crippen LogP contribution in [0.4, 0.5) is 0 Å². The van der Waals surface area contributed by atoms with Crippen LogP contribution in [0.3, 0.4) is 0 Å². The van der Waals surface area contributed by atoms with E-state index in [0.29, 0.717) is 31.9 Å². The minimum absolute atomic E-state index is 0.230. The molecular formula is C21H28N4O5S. The molecule has 4 rings (SSSR count). The minimum Gasteiger partial charge on any atom is -0.486 e. The summed E-state index contributed by atoms with van der Waals surface area (Å²) >= 11 is 0. The molecule has 10 heteroatoms. The van der Waals surface area contributed by atoms with E-state index in [2.05, 4.69) is 4.90 Å². The van der Waals surface area contributed by atoms with Gasteiger partial charge in [-0.25, -0.2) is 0 Å². The molecule has 2 aliphatic heterocycles. The van der Waals surface area contributed by atoms with Gasteiger partial charge in [-0.05, 0) is 31.3 Å². The van der Waals surface area contributed by atoms with Gasteiger partial charge in [-0.3, -0.25) is 4.79 Å². The summed E-state index contributed by atoms with van der Waals surface area (Å²) in [6.45, 7) is 3.92. The van der Waals surface area contributed by atoms with Crippen LogP contribution in [-0.2, 0) is 16.8 Å². The Hall–Kier alpha value is -2.40. The van der Waals surface area contributed by atoms with Crippen molar-refractivity contribution in [2.45, 2.75) is 6.61 Å². The summed E-state index contributed by atoms with van der Waals surface area (Å²) in [6, 6.07) is 12.7. The second-order valence-electron chi connectivity index (χ2n) is 7.77.